The standard InChI is InChI=1S/C26H24F3N3O4/c27-26(28,29)21-6-1-18(2-7-21)15-19-3-8-22(9-4-19)36-25(35)32-13-11-31(12-14-32)23-10-5-20(17-30-23)16-24(33)34/h1-10,17H,11-16H2,(H,33,34). The Hall–Kier alpha value is -4.08. The summed E-state index contributed by atoms with van der Waals surface area (Å²) in [5.74, 6) is 0.195. The molecule has 0 spiro atoms. The molecule has 36 heavy (non-hydrogen) atoms. The molecule has 0 unspecified atom stereocenters. The van der Waals surface area contributed by atoms with Gasteiger partial charge in [0.15, 0.2) is 0 Å². The number of hydrogen-bond acceptors (Lipinski definition) is 5. The van der Waals surface area contributed by atoms with Gasteiger partial charge in [-0.1, -0.05) is 30.3 Å². The minimum atomic E-state index is -4.36. The molecule has 0 atom stereocenters. The number of alkyl halides is 3. The molecular weight excluding hydrogens is 475 g/mol. The van der Waals surface area contributed by atoms with E-state index in [0.717, 1.165) is 29.1 Å². The maximum atomic E-state index is 12.7. The van der Waals surface area contributed by atoms with Crippen molar-refractivity contribution in [3.63, 3.8) is 0 Å². The summed E-state index contributed by atoms with van der Waals surface area (Å²) in [5, 5.41) is 8.86. The zero-order chi connectivity index (χ0) is 25.7. The number of carbonyl (C=O) groups is 2. The molecule has 10 heteroatoms. The summed E-state index contributed by atoms with van der Waals surface area (Å²) in [5.41, 5.74) is 1.57. The highest BCUT2D eigenvalue weighted by atomic mass is 19.4. The predicted molar refractivity (Wildman–Crippen MR) is 126 cm³/mol. The molecule has 1 fully saturated rings. The Morgan fingerprint density at radius 3 is 1.97 bits per heavy atom. The van der Waals surface area contributed by atoms with E-state index in [9.17, 15) is 22.8 Å². The van der Waals surface area contributed by atoms with Gasteiger partial charge in [-0.2, -0.15) is 13.2 Å². The van der Waals surface area contributed by atoms with Crippen LogP contribution in [0.4, 0.5) is 23.8 Å². The molecule has 1 saturated heterocycles. The summed E-state index contributed by atoms with van der Waals surface area (Å²) in [7, 11) is 0. The second kappa shape index (κ2) is 10.7. The smallest absolute Gasteiger partial charge is 0.416 e. The van der Waals surface area contributed by atoms with Crippen molar-refractivity contribution in [2.75, 3.05) is 31.1 Å². The fourth-order valence-electron chi connectivity index (χ4n) is 3.89. The van der Waals surface area contributed by atoms with Crippen LogP contribution < -0.4 is 9.64 Å². The average Bonchev–Trinajstić information content (AvgIpc) is 2.85. The zero-order valence-corrected chi connectivity index (χ0v) is 19.2. The summed E-state index contributed by atoms with van der Waals surface area (Å²) in [6.45, 7) is 2.02. The first-order valence-electron chi connectivity index (χ1n) is 11.3. The maximum Gasteiger partial charge on any atom is 0.416 e. The SMILES string of the molecule is O=C(O)Cc1ccc(N2CCN(C(=O)Oc3ccc(Cc4ccc(C(F)(F)F)cc4)cc3)CC2)nc1. The summed E-state index contributed by atoms with van der Waals surface area (Å²) >= 11 is 0. The van der Waals surface area contributed by atoms with Gasteiger partial charge in [-0.3, -0.25) is 4.79 Å². The van der Waals surface area contributed by atoms with Gasteiger partial charge in [0, 0.05) is 32.4 Å². The lowest BCUT2D eigenvalue weighted by Gasteiger charge is -2.34. The lowest BCUT2D eigenvalue weighted by atomic mass is 10.0. The normalized spacial score (nSPS) is 14.0. The number of halogens is 3. The second-order valence-electron chi connectivity index (χ2n) is 8.45. The first-order chi connectivity index (χ1) is 17.2. The third kappa shape index (κ3) is 6.53. The average molecular weight is 499 g/mol. The van der Waals surface area contributed by atoms with Gasteiger partial charge in [0.1, 0.15) is 11.6 Å². The zero-order valence-electron chi connectivity index (χ0n) is 19.2. The van der Waals surface area contributed by atoms with E-state index >= 15 is 0 Å². The Morgan fingerprint density at radius 2 is 1.44 bits per heavy atom. The van der Waals surface area contributed by atoms with Crippen LogP contribution in [0, 0.1) is 0 Å². The predicted octanol–water partition coefficient (Wildman–Crippen LogP) is 4.64. The minimum absolute atomic E-state index is 0.0804. The summed E-state index contributed by atoms with van der Waals surface area (Å²) in [6, 6.07) is 15.4. The van der Waals surface area contributed by atoms with Crippen LogP contribution in [0.25, 0.3) is 0 Å². The summed E-state index contributed by atoms with van der Waals surface area (Å²) < 4.78 is 43.6. The van der Waals surface area contributed by atoms with E-state index in [1.165, 1.54) is 12.1 Å². The van der Waals surface area contributed by atoms with Crippen molar-refractivity contribution < 1.29 is 32.6 Å². The van der Waals surface area contributed by atoms with E-state index in [-0.39, 0.29) is 6.42 Å². The number of rotatable bonds is 6. The van der Waals surface area contributed by atoms with Gasteiger partial charge in [0.05, 0.1) is 12.0 Å². The van der Waals surface area contributed by atoms with Crippen LogP contribution in [-0.4, -0.2) is 53.2 Å². The second-order valence-corrected chi connectivity index (χ2v) is 8.45. The van der Waals surface area contributed by atoms with E-state index in [1.807, 2.05) is 4.90 Å². The fourth-order valence-corrected chi connectivity index (χ4v) is 3.89. The van der Waals surface area contributed by atoms with Gasteiger partial charge < -0.3 is 19.6 Å². The Labute approximate surface area is 205 Å². The molecule has 1 N–H and O–H groups in total. The van der Waals surface area contributed by atoms with E-state index in [2.05, 4.69) is 4.98 Å². The number of carboxylic acids is 1. The van der Waals surface area contributed by atoms with Crippen LogP contribution in [0.2, 0.25) is 0 Å². The van der Waals surface area contributed by atoms with Gasteiger partial charge in [-0.05, 0) is 53.4 Å². The van der Waals surface area contributed by atoms with Gasteiger partial charge in [0.25, 0.3) is 0 Å². The molecular formula is C26H24F3N3O4. The van der Waals surface area contributed by atoms with Crippen molar-refractivity contribution in [3.05, 3.63) is 89.1 Å². The Morgan fingerprint density at radius 1 is 0.861 bits per heavy atom. The Balaban J connectivity index is 1.26. The number of piperazine rings is 1. The van der Waals surface area contributed by atoms with E-state index in [0.29, 0.717) is 43.9 Å². The number of pyridine rings is 1. The van der Waals surface area contributed by atoms with Crippen molar-refractivity contribution in [1.29, 1.82) is 0 Å². The highest BCUT2D eigenvalue weighted by Gasteiger charge is 2.30. The first-order valence-corrected chi connectivity index (χ1v) is 11.3. The molecule has 0 saturated carbocycles. The molecule has 0 bridgehead atoms. The van der Waals surface area contributed by atoms with Crippen molar-refractivity contribution in [3.8, 4) is 5.75 Å². The number of aliphatic carboxylic acids is 1. The Kier molecular flexibility index (Phi) is 7.42. The van der Waals surface area contributed by atoms with Crippen molar-refractivity contribution in [1.82, 2.24) is 9.88 Å². The molecule has 188 valence electrons. The number of carbonyl (C=O) groups excluding carboxylic acids is 1. The van der Waals surface area contributed by atoms with Crippen LogP contribution >= 0.6 is 0 Å². The number of ether oxygens (including phenoxy) is 1. The number of benzene rings is 2. The molecule has 1 aliphatic heterocycles. The fraction of sp³-hybridized carbons (Fsp3) is 0.269. The van der Waals surface area contributed by atoms with Gasteiger partial charge >= 0.3 is 18.2 Å². The lowest BCUT2D eigenvalue weighted by Crippen LogP contribution is -2.49. The molecule has 4 rings (SSSR count). The number of hydrogen-bond donors (Lipinski definition) is 1. The number of amides is 1. The van der Waals surface area contributed by atoms with Crippen LogP contribution in [0.3, 0.4) is 0 Å². The number of anilines is 1. The molecule has 1 amide bonds. The maximum absolute atomic E-state index is 12.7. The van der Waals surface area contributed by atoms with Crippen LogP contribution in [0.15, 0.2) is 66.9 Å². The molecule has 3 aromatic rings. The third-order valence-corrected chi connectivity index (χ3v) is 5.84. The van der Waals surface area contributed by atoms with Crippen molar-refractivity contribution >= 4 is 17.9 Å². The molecule has 7 nitrogen and oxygen atoms in total. The van der Waals surface area contributed by atoms with E-state index < -0.39 is 23.8 Å². The van der Waals surface area contributed by atoms with Gasteiger partial charge in [-0.15, -0.1) is 0 Å². The number of nitrogens with zero attached hydrogens (tertiary/aromatic N) is 3. The molecule has 1 aromatic heterocycles. The largest absolute Gasteiger partial charge is 0.481 e. The van der Waals surface area contributed by atoms with E-state index in [4.69, 9.17) is 9.84 Å². The summed E-state index contributed by atoms with van der Waals surface area (Å²) in [6.07, 6.45) is -2.90. The Bertz CT molecular complexity index is 1190. The van der Waals surface area contributed by atoms with Crippen molar-refractivity contribution in [2.24, 2.45) is 0 Å². The van der Waals surface area contributed by atoms with E-state index in [1.54, 1.807) is 47.5 Å². The first kappa shape index (κ1) is 25.0. The molecule has 2 aromatic carbocycles. The highest BCUT2D eigenvalue weighted by molar-refractivity contribution is 5.71. The summed E-state index contributed by atoms with van der Waals surface area (Å²) in [4.78, 5) is 31.3. The van der Waals surface area contributed by atoms with Gasteiger partial charge in [-0.25, -0.2) is 9.78 Å². The number of carboxylic acid groups (broad SMARTS) is 1. The van der Waals surface area contributed by atoms with Crippen LogP contribution in [0.5, 0.6) is 5.75 Å². The van der Waals surface area contributed by atoms with Crippen molar-refractivity contribution in [2.45, 2.75) is 19.0 Å². The highest BCUT2D eigenvalue weighted by Crippen LogP contribution is 2.29. The van der Waals surface area contributed by atoms with Crippen LogP contribution in [0.1, 0.15) is 22.3 Å². The molecule has 1 aliphatic rings. The molecule has 2 heterocycles. The lowest BCUT2D eigenvalue weighted by molar-refractivity contribution is -0.138. The number of aromatic nitrogens is 1. The third-order valence-electron chi connectivity index (χ3n) is 5.84. The monoisotopic (exact) mass is 499 g/mol. The minimum Gasteiger partial charge on any atom is -0.481 e. The quantitative estimate of drug-likeness (QED) is 0.532. The molecule has 0 aliphatic carbocycles. The topological polar surface area (TPSA) is 83.0 Å². The van der Waals surface area contributed by atoms with Gasteiger partial charge in [0.2, 0.25) is 0 Å². The van der Waals surface area contributed by atoms with Crippen LogP contribution in [-0.2, 0) is 23.8 Å². The molecule has 0 radical (unpaired) electrons.